The van der Waals surface area contributed by atoms with E-state index in [1.807, 2.05) is 0 Å². The molecule has 1 unspecified atom stereocenters. The van der Waals surface area contributed by atoms with Gasteiger partial charge in [-0.05, 0) is 44.2 Å². The molecule has 0 saturated heterocycles. The predicted octanol–water partition coefficient (Wildman–Crippen LogP) is 3.96. The molecule has 0 saturated carbocycles. The third-order valence-corrected chi connectivity index (χ3v) is 3.51. The molecule has 0 bridgehead atoms. The topological polar surface area (TPSA) is 21.3 Å². The molecular weight excluding hydrogens is 234 g/mol. The molecule has 0 spiro atoms. The van der Waals surface area contributed by atoms with Gasteiger partial charge in [0.05, 0.1) is 5.60 Å². The Morgan fingerprint density at radius 1 is 1.11 bits per heavy atom. The van der Waals surface area contributed by atoms with Crippen LogP contribution in [0.3, 0.4) is 0 Å². The smallest absolute Gasteiger partial charge is 0.0746 e. The monoisotopic (exact) mass is 263 g/mol. The minimum absolute atomic E-state index is 0.119. The van der Waals surface area contributed by atoms with E-state index in [1.54, 1.807) is 7.11 Å². The van der Waals surface area contributed by atoms with E-state index in [-0.39, 0.29) is 5.60 Å². The largest absolute Gasteiger partial charge is 0.377 e. The highest BCUT2D eigenvalue weighted by Gasteiger charge is 2.17. The van der Waals surface area contributed by atoms with Crippen LogP contribution in [0.5, 0.6) is 0 Å². The second-order valence-electron chi connectivity index (χ2n) is 6.41. The van der Waals surface area contributed by atoms with Crippen LogP contribution in [0.25, 0.3) is 0 Å². The third kappa shape index (κ3) is 5.75. The average molecular weight is 263 g/mol. The minimum Gasteiger partial charge on any atom is -0.377 e. The first kappa shape index (κ1) is 16.2. The van der Waals surface area contributed by atoms with Crippen molar-refractivity contribution < 1.29 is 4.74 Å². The zero-order valence-corrected chi connectivity index (χ0v) is 13.3. The van der Waals surface area contributed by atoms with Crippen molar-refractivity contribution >= 4 is 0 Å². The summed E-state index contributed by atoms with van der Waals surface area (Å²) in [5, 5.41) is 3.53. The van der Waals surface area contributed by atoms with Crippen molar-refractivity contribution in [1.82, 2.24) is 5.32 Å². The summed E-state index contributed by atoms with van der Waals surface area (Å²) >= 11 is 0. The molecular formula is C17H29NO. The van der Waals surface area contributed by atoms with Crippen molar-refractivity contribution in [3.05, 3.63) is 35.4 Å². The molecule has 0 aliphatic heterocycles. The highest BCUT2D eigenvalue weighted by atomic mass is 16.5. The van der Waals surface area contributed by atoms with Crippen LogP contribution in [-0.2, 0) is 11.2 Å². The van der Waals surface area contributed by atoms with Gasteiger partial charge in [0.2, 0.25) is 0 Å². The Balaban J connectivity index is 2.55. The van der Waals surface area contributed by atoms with E-state index >= 15 is 0 Å². The second-order valence-corrected chi connectivity index (χ2v) is 6.41. The molecule has 1 atom stereocenters. The number of hydrogen-bond donors (Lipinski definition) is 1. The van der Waals surface area contributed by atoms with E-state index in [0.717, 1.165) is 13.0 Å². The molecule has 1 aromatic carbocycles. The number of benzene rings is 1. The van der Waals surface area contributed by atoms with Gasteiger partial charge in [-0.15, -0.1) is 0 Å². The molecule has 19 heavy (non-hydrogen) atoms. The van der Waals surface area contributed by atoms with E-state index in [4.69, 9.17) is 4.74 Å². The van der Waals surface area contributed by atoms with Crippen LogP contribution in [0.4, 0.5) is 0 Å². The number of rotatable bonds is 7. The van der Waals surface area contributed by atoms with Crippen LogP contribution >= 0.6 is 0 Å². The van der Waals surface area contributed by atoms with E-state index < -0.39 is 0 Å². The summed E-state index contributed by atoms with van der Waals surface area (Å²) in [5.74, 6) is 0.712. The molecule has 0 fully saturated rings. The van der Waals surface area contributed by atoms with Gasteiger partial charge in [0.1, 0.15) is 0 Å². The van der Waals surface area contributed by atoms with Gasteiger partial charge in [-0.25, -0.2) is 0 Å². The van der Waals surface area contributed by atoms with Gasteiger partial charge < -0.3 is 10.1 Å². The van der Waals surface area contributed by atoms with Gasteiger partial charge in [0.15, 0.2) is 0 Å². The van der Waals surface area contributed by atoms with Gasteiger partial charge in [-0.1, -0.05) is 38.1 Å². The fraction of sp³-hybridized carbons (Fsp3) is 0.647. The maximum absolute atomic E-state index is 5.42. The molecule has 0 heterocycles. The molecule has 2 nitrogen and oxygen atoms in total. The van der Waals surface area contributed by atoms with Crippen molar-refractivity contribution in [3.8, 4) is 0 Å². The lowest BCUT2D eigenvalue weighted by atomic mass is 9.99. The number of nitrogens with one attached hydrogen (secondary N) is 1. The highest BCUT2D eigenvalue weighted by molar-refractivity contribution is 5.25. The van der Waals surface area contributed by atoms with Crippen molar-refractivity contribution in [2.24, 2.45) is 5.92 Å². The van der Waals surface area contributed by atoms with Crippen LogP contribution in [0, 0.1) is 5.92 Å². The zero-order valence-electron chi connectivity index (χ0n) is 13.3. The SMILES string of the molecule is COC(C)(C)CNC(C)c1ccc(CC(C)C)cc1. The summed E-state index contributed by atoms with van der Waals surface area (Å²) in [5.41, 5.74) is 2.63. The van der Waals surface area contributed by atoms with Crippen LogP contribution in [0.15, 0.2) is 24.3 Å². The summed E-state index contributed by atoms with van der Waals surface area (Å²) in [4.78, 5) is 0. The Morgan fingerprint density at radius 2 is 1.68 bits per heavy atom. The molecule has 0 aromatic heterocycles. The lowest BCUT2D eigenvalue weighted by Gasteiger charge is -2.26. The van der Waals surface area contributed by atoms with E-state index in [1.165, 1.54) is 11.1 Å². The summed E-state index contributed by atoms with van der Waals surface area (Å²) < 4.78 is 5.42. The van der Waals surface area contributed by atoms with Crippen molar-refractivity contribution in [1.29, 1.82) is 0 Å². The first-order valence-corrected chi connectivity index (χ1v) is 7.21. The molecule has 0 amide bonds. The summed E-state index contributed by atoms with van der Waals surface area (Å²) in [6.45, 7) is 11.7. The van der Waals surface area contributed by atoms with Crippen LogP contribution in [0.2, 0.25) is 0 Å². The second kappa shape index (κ2) is 7.06. The van der Waals surface area contributed by atoms with Crippen LogP contribution in [-0.4, -0.2) is 19.3 Å². The first-order valence-electron chi connectivity index (χ1n) is 7.21. The Bertz CT molecular complexity index is 367. The van der Waals surface area contributed by atoms with E-state index in [0.29, 0.717) is 12.0 Å². The molecule has 2 heteroatoms. The quantitative estimate of drug-likeness (QED) is 0.804. The molecule has 1 aromatic rings. The lowest BCUT2D eigenvalue weighted by molar-refractivity contribution is 0.0214. The Hall–Kier alpha value is -0.860. The van der Waals surface area contributed by atoms with Gasteiger partial charge in [-0.3, -0.25) is 0 Å². The molecule has 0 radical (unpaired) electrons. The molecule has 0 aliphatic rings. The predicted molar refractivity (Wildman–Crippen MR) is 82.5 cm³/mol. The summed E-state index contributed by atoms with van der Waals surface area (Å²) in [6.07, 6.45) is 1.15. The van der Waals surface area contributed by atoms with Crippen molar-refractivity contribution in [2.45, 2.75) is 52.7 Å². The van der Waals surface area contributed by atoms with Crippen molar-refractivity contribution in [3.63, 3.8) is 0 Å². The number of hydrogen-bond acceptors (Lipinski definition) is 2. The van der Waals surface area contributed by atoms with Gasteiger partial charge in [0, 0.05) is 19.7 Å². The fourth-order valence-corrected chi connectivity index (χ4v) is 2.00. The summed E-state index contributed by atoms with van der Waals surface area (Å²) in [6, 6.07) is 9.30. The summed E-state index contributed by atoms with van der Waals surface area (Å²) in [7, 11) is 1.76. The maximum Gasteiger partial charge on any atom is 0.0746 e. The van der Waals surface area contributed by atoms with Gasteiger partial charge >= 0.3 is 0 Å². The standard InChI is InChI=1S/C17H29NO/c1-13(2)11-15-7-9-16(10-8-15)14(3)18-12-17(4,5)19-6/h7-10,13-14,18H,11-12H2,1-6H3. The van der Waals surface area contributed by atoms with Gasteiger partial charge in [0.25, 0.3) is 0 Å². The normalized spacial score (nSPS) is 13.8. The molecule has 0 aliphatic carbocycles. The Labute approximate surface area is 118 Å². The molecule has 108 valence electrons. The van der Waals surface area contributed by atoms with E-state index in [2.05, 4.69) is 64.2 Å². The number of ether oxygens (including phenoxy) is 1. The fourth-order valence-electron chi connectivity index (χ4n) is 2.00. The first-order chi connectivity index (χ1) is 8.84. The third-order valence-electron chi connectivity index (χ3n) is 3.51. The Kier molecular flexibility index (Phi) is 6.02. The molecule has 1 rings (SSSR count). The Morgan fingerprint density at radius 3 is 2.16 bits per heavy atom. The average Bonchev–Trinajstić information content (AvgIpc) is 2.36. The lowest BCUT2D eigenvalue weighted by Crippen LogP contribution is -2.37. The highest BCUT2D eigenvalue weighted by Crippen LogP contribution is 2.16. The maximum atomic E-state index is 5.42. The number of methoxy groups -OCH3 is 1. The van der Waals surface area contributed by atoms with E-state index in [9.17, 15) is 0 Å². The molecule has 1 N–H and O–H groups in total. The zero-order chi connectivity index (χ0) is 14.5. The van der Waals surface area contributed by atoms with Crippen molar-refractivity contribution in [2.75, 3.05) is 13.7 Å². The van der Waals surface area contributed by atoms with Crippen LogP contribution in [0.1, 0.15) is 51.8 Å². The minimum atomic E-state index is -0.119. The van der Waals surface area contributed by atoms with Gasteiger partial charge in [-0.2, -0.15) is 0 Å². The van der Waals surface area contributed by atoms with Crippen LogP contribution < -0.4 is 5.32 Å².